The molecule has 2 amide bonds. The highest BCUT2D eigenvalue weighted by atomic mass is 19.1. The molecule has 1 aromatic carbocycles. The molecule has 0 unspecified atom stereocenters. The number of Topliss-reactive ketones (excluding diaryl/α,β-unsaturated/α-hetero) is 1. The third kappa shape index (κ3) is 3.87. The molecule has 3 rings (SSSR count). The third-order valence-corrected chi connectivity index (χ3v) is 5.78. The van der Waals surface area contributed by atoms with Gasteiger partial charge in [-0.25, -0.2) is 4.39 Å². The van der Waals surface area contributed by atoms with Crippen LogP contribution in [0.5, 0.6) is 0 Å². The molecule has 1 aliphatic carbocycles. The van der Waals surface area contributed by atoms with Gasteiger partial charge in [0, 0.05) is 24.0 Å². The first-order valence-corrected chi connectivity index (χ1v) is 9.72. The van der Waals surface area contributed by atoms with Gasteiger partial charge >= 0.3 is 0 Å². The summed E-state index contributed by atoms with van der Waals surface area (Å²) in [6.45, 7) is 6.68. The van der Waals surface area contributed by atoms with E-state index in [0.717, 1.165) is 0 Å². The number of carbonyl (C=O) groups is 3. The summed E-state index contributed by atoms with van der Waals surface area (Å²) in [5.41, 5.74) is 1.58. The summed E-state index contributed by atoms with van der Waals surface area (Å²) in [5.74, 6) is -2.32. The van der Waals surface area contributed by atoms with Crippen molar-refractivity contribution in [1.82, 2.24) is 9.88 Å². The number of aliphatic hydroxyl groups excluding tert-OH is 1. The van der Waals surface area contributed by atoms with E-state index in [2.05, 4.69) is 10.6 Å². The van der Waals surface area contributed by atoms with Crippen molar-refractivity contribution in [3.05, 3.63) is 52.1 Å². The van der Waals surface area contributed by atoms with Crippen molar-refractivity contribution in [2.75, 3.05) is 5.32 Å². The van der Waals surface area contributed by atoms with Crippen LogP contribution in [-0.2, 0) is 11.8 Å². The largest absolute Gasteiger partial charge is 0.393 e. The second-order valence-electron chi connectivity index (χ2n) is 8.32. The van der Waals surface area contributed by atoms with E-state index in [-0.39, 0.29) is 11.5 Å². The normalized spacial score (nSPS) is 20.4. The van der Waals surface area contributed by atoms with Gasteiger partial charge in [0.15, 0.2) is 0 Å². The Morgan fingerprint density at radius 3 is 2.40 bits per heavy atom. The van der Waals surface area contributed by atoms with E-state index in [4.69, 9.17) is 0 Å². The number of hydrogen-bond donors (Lipinski definition) is 3. The Balaban J connectivity index is 1.85. The van der Waals surface area contributed by atoms with Crippen molar-refractivity contribution in [3.63, 3.8) is 0 Å². The van der Waals surface area contributed by atoms with E-state index >= 15 is 0 Å². The highest BCUT2D eigenvalue weighted by Crippen LogP contribution is 2.32. The molecule has 7 nitrogen and oxygen atoms in total. The smallest absolute Gasteiger partial charge is 0.294 e. The maximum atomic E-state index is 13.5. The van der Waals surface area contributed by atoms with Crippen LogP contribution in [-0.4, -0.2) is 38.9 Å². The third-order valence-electron chi connectivity index (χ3n) is 5.78. The van der Waals surface area contributed by atoms with Crippen molar-refractivity contribution in [1.29, 1.82) is 0 Å². The summed E-state index contributed by atoms with van der Waals surface area (Å²) >= 11 is 0. The molecule has 1 fully saturated rings. The van der Waals surface area contributed by atoms with Crippen LogP contribution >= 0.6 is 0 Å². The highest BCUT2D eigenvalue weighted by molar-refractivity contribution is 6.43. The molecule has 0 spiro atoms. The van der Waals surface area contributed by atoms with Crippen LogP contribution in [0.3, 0.4) is 0 Å². The van der Waals surface area contributed by atoms with Gasteiger partial charge in [-0.1, -0.05) is 0 Å². The Labute approximate surface area is 174 Å². The minimum atomic E-state index is -0.769. The van der Waals surface area contributed by atoms with Crippen molar-refractivity contribution >= 4 is 23.3 Å². The van der Waals surface area contributed by atoms with Crippen LogP contribution in [0.2, 0.25) is 0 Å². The molecular weight excluding hydrogens is 389 g/mol. The predicted octanol–water partition coefficient (Wildman–Crippen LogP) is 2.55. The topological polar surface area (TPSA) is 100 Å². The molecule has 0 atom stereocenters. The van der Waals surface area contributed by atoms with Gasteiger partial charge in [0.05, 0.1) is 17.4 Å². The summed E-state index contributed by atoms with van der Waals surface area (Å²) < 4.78 is 15.0. The quantitative estimate of drug-likeness (QED) is 0.516. The zero-order valence-corrected chi connectivity index (χ0v) is 17.7. The van der Waals surface area contributed by atoms with Gasteiger partial charge in [0.1, 0.15) is 5.82 Å². The predicted molar refractivity (Wildman–Crippen MR) is 110 cm³/mol. The maximum absolute atomic E-state index is 13.5. The van der Waals surface area contributed by atoms with Crippen LogP contribution in [0, 0.1) is 26.6 Å². The number of ketones is 1. The van der Waals surface area contributed by atoms with E-state index in [9.17, 15) is 23.9 Å². The molecule has 3 N–H and O–H groups in total. The minimum Gasteiger partial charge on any atom is -0.393 e. The lowest BCUT2D eigenvalue weighted by Crippen LogP contribution is -2.58. The number of nitrogens with zero attached hydrogens (tertiary/aromatic N) is 1. The average molecular weight is 415 g/mol. The Morgan fingerprint density at radius 1 is 1.20 bits per heavy atom. The molecule has 0 saturated heterocycles. The molecule has 1 saturated carbocycles. The maximum Gasteiger partial charge on any atom is 0.294 e. The number of amides is 2. The van der Waals surface area contributed by atoms with E-state index in [1.807, 2.05) is 0 Å². The van der Waals surface area contributed by atoms with Crippen LogP contribution in [0.25, 0.3) is 0 Å². The first-order chi connectivity index (χ1) is 13.9. The van der Waals surface area contributed by atoms with Gasteiger partial charge in [-0.05, 0) is 69.9 Å². The second-order valence-corrected chi connectivity index (χ2v) is 8.32. The minimum absolute atomic E-state index is 0.133. The molecule has 1 aromatic heterocycles. The van der Waals surface area contributed by atoms with Gasteiger partial charge < -0.3 is 20.3 Å². The molecule has 1 heterocycles. The molecule has 1 aliphatic rings. The number of nitrogens with one attached hydrogen (secondary N) is 2. The van der Waals surface area contributed by atoms with Gasteiger partial charge in [-0.2, -0.15) is 0 Å². The van der Waals surface area contributed by atoms with Crippen LogP contribution in [0.1, 0.15) is 57.4 Å². The lowest BCUT2D eigenvalue weighted by atomic mass is 9.76. The second kappa shape index (κ2) is 7.68. The highest BCUT2D eigenvalue weighted by Gasteiger charge is 2.42. The number of carbonyl (C=O) groups excluding carboxylic acids is 3. The van der Waals surface area contributed by atoms with E-state index in [1.54, 1.807) is 34.7 Å². The zero-order valence-electron chi connectivity index (χ0n) is 17.7. The van der Waals surface area contributed by atoms with Crippen molar-refractivity contribution in [2.45, 2.75) is 52.2 Å². The number of rotatable bonds is 5. The summed E-state index contributed by atoms with van der Waals surface area (Å²) in [4.78, 5) is 38.2. The first-order valence-electron chi connectivity index (χ1n) is 9.72. The molecule has 0 radical (unpaired) electrons. The van der Waals surface area contributed by atoms with Gasteiger partial charge in [0.25, 0.3) is 17.6 Å². The molecule has 8 heteroatoms. The first kappa shape index (κ1) is 21.7. The van der Waals surface area contributed by atoms with Gasteiger partial charge in [0.2, 0.25) is 0 Å². The van der Waals surface area contributed by atoms with Crippen molar-refractivity contribution < 1.29 is 23.9 Å². The molecular formula is C22H26FN3O4. The van der Waals surface area contributed by atoms with Gasteiger partial charge in [-0.3, -0.25) is 14.4 Å². The van der Waals surface area contributed by atoms with E-state index in [1.165, 1.54) is 22.8 Å². The summed E-state index contributed by atoms with van der Waals surface area (Å²) in [6.07, 6.45) is 0.305. The number of halogens is 1. The number of benzene rings is 1. The van der Waals surface area contributed by atoms with Crippen LogP contribution in [0.15, 0.2) is 18.2 Å². The fourth-order valence-electron chi connectivity index (χ4n) is 4.07. The standard InChI is InChI=1S/C22H26FN3O4/c1-11-8-14(6-7-16(11)23)24-20(29)17-12(2)18(26(5)13(17)3)19(28)21(30)25-22(4)9-15(27)10-22/h6-8,15,27H,9-10H2,1-5H3,(H,24,29)(H,25,30)/t15-,22+. The SMILES string of the molecule is Cc1cc(NC(=O)c2c(C)c(C(=O)C(=O)N[C@]3(C)C[C@H](O)C3)n(C)c2C)ccc1F. The fraction of sp³-hybridized carbons (Fsp3) is 0.409. The van der Waals surface area contributed by atoms with Crippen LogP contribution in [0.4, 0.5) is 10.1 Å². The lowest BCUT2D eigenvalue weighted by molar-refractivity contribution is -0.121. The van der Waals surface area contributed by atoms with Crippen LogP contribution < -0.4 is 10.6 Å². The average Bonchev–Trinajstić information content (AvgIpc) is 2.85. The summed E-state index contributed by atoms with van der Waals surface area (Å²) in [5, 5.41) is 14.9. The molecule has 0 aliphatic heterocycles. The summed E-state index contributed by atoms with van der Waals surface area (Å²) in [6, 6.07) is 4.25. The fourth-order valence-corrected chi connectivity index (χ4v) is 4.07. The Hall–Kier alpha value is -3.00. The number of hydrogen-bond acceptors (Lipinski definition) is 4. The molecule has 0 bridgehead atoms. The molecule has 2 aromatic rings. The summed E-state index contributed by atoms with van der Waals surface area (Å²) in [7, 11) is 1.62. The lowest BCUT2D eigenvalue weighted by Gasteiger charge is -2.42. The zero-order chi connectivity index (χ0) is 22.4. The Kier molecular flexibility index (Phi) is 5.56. The number of anilines is 1. The van der Waals surface area contributed by atoms with Crippen molar-refractivity contribution in [2.24, 2.45) is 7.05 Å². The van der Waals surface area contributed by atoms with E-state index < -0.39 is 29.2 Å². The van der Waals surface area contributed by atoms with Crippen molar-refractivity contribution in [3.8, 4) is 0 Å². The number of aryl methyl sites for hydroxylation is 1. The monoisotopic (exact) mass is 415 g/mol. The Morgan fingerprint density at radius 2 is 1.83 bits per heavy atom. The Bertz CT molecular complexity index is 1050. The molecule has 160 valence electrons. The number of aliphatic hydroxyl groups is 1. The number of aromatic nitrogens is 1. The van der Waals surface area contributed by atoms with E-state index in [0.29, 0.717) is 40.9 Å². The molecule has 30 heavy (non-hydrogen) atoms. The van der Waals surface area contributed by atoms with Gasteiger partial charge in [-0.15, -0.1) is 0 Å².